The largest absolute Gasteiger partial charge is 0.438 e. The highest BCUT2D eigenvalue weighted by atomic mass is 16.3. The zero-order valence-corrected chi connectivity index (χ0v) is 17.7. The van der Waals surface area contributed by atoms with Gasteiger partial charge in [0.15, 0.2) is 5.58 Å². The van der Waals surface area contributed by atoms with Gasteiger partial charge in [0.2, 0.25) is 11.8 Å². The van der Waals surface area contributed by atoms with Crippen LogP contribution in [0.1, 0.15) is 45.0 Å². The Kier molecular flexibility index (Phi) is 5.31. The van der Waals surface area contributed by atoms with E-state index in [9.17, 15) is 4.79 Å². The molecule has 1 saturated heterocycles. The molecule has 1 aromatic heterocycles. The van der Waals surface area contributed by atoms with Crippen LogP contribution in [0.4, 0.5) is 5.69 Å². The fourth-order valence-corrected chi connectivity index (χ4v) is 4.01. The van der Waals surface area contributed by atoms with Gasteiger partial charge in [0.1, 0.15) is 11.6 Å². The fourth-order valence-electron chi connectivity index (χ4n) is 4.01. The van der Waals surface area contributed by atoms with Crippen LogP contribution in [0.5, 0.6) is 0 Å². The van der Waals surface area contributed by atoms with Gasteiger partial charge >= 0.3 is 0 Å². The van der Waals surface area contributed by atoms with E-state index in [2.05, 4.69) is 55.1 Å². The number of anilines is 1. The van der Waals surface area contributed by atoms with Crippen molar-refractivity contribution in [1.82, 2.24) is 9.88 Å². The third kappa shape index (κ3) is 4.00. The van der Waals surface area contributed by atoms with E-state index < -0.39 is 0 Å². The molecule has 0 N–H and O–H groups in total. The SMILES string of the molecule is CC(C)CC(=O)N1CCCC1c1nc2cc(-c3ccc(N(C)C)cc3)ccc2o1. The van der Waals surface area contributed by atoms with Crippen molar-refractivity contribution in [2.45, 2.75) is 39.2 Å². The van der Waals surface area contributed by atoms with Crippen molar-refractivity contribution in [3.63, 3.8) is 0 Å². The summed E-state index contributed by atoms with van der Waals surface area (Å²) in [7, 11) is 4.08. The van der Waals surface area contributed by atoms with Crippen LogP contribution in [0.15, 0.2) is 46.9 Å². The van der Waals surface area contributed by atoms with Gasteiger partial charge in [-0.1, -0.05) is 32.0 Å². The second-order valence-electron chi connectivity index (χ2n) is 8.52. The summed E-state index contributed by atoms with van der Waals surface area (Å²) >= 11 is 0. The molecular weight excluding hydrogens is 362 g/mol. The minimum atomic E-state index is -0.0449. The molecule has 0 aliphatic carbocycles. The van der Waals surface area contributed by atoms with Crippen molar-refractivity contribution in [2.75, 3.05) is 25.5 Å². The molecule has 2 heterocycles. The van der Waals surface area contributed by atoms with E-state index in [1.165, 1.54) is 5.69 Å². The summed E-state index contributed by atoms with van der Waals surface area (Å²) in [6.07, 6.45) is 2.48. The Morgan fingerprint density at radius 3 is 2.59 bits per heavy atom. The summed E-state index contributed by atoms with van der Waals surface area (Å²) in [4.78, 5) is 21.4. The lowest BCUT2D eigenvalue weighted by atomic mass is 10.0. The van der Waals surface area contributed by atoms with E-state index in [1.54, 1.807) is 0 Å². The Morgan fingerprint density at radius 2 is 1.90 bits per heavy atom. The zero-order chi connectivity index (χ0) is 20.5. The van der Waals surface area contributed by atoms with Gasteiger partial charge in [0.25, 0.3) is 0 Å². The van der Waals surface area contributed by atoms with Crippen molar-refractivity contribution in [3.05, 3.63) is 48.4 Å². The zero-order valence-electron chi connectivity index (χ0n) is 17.7. The van der Waals surface area contributed by atoms with Gasteiger partial charge in [-0.3, -0.25) is 4.79 Å². The number of carbonyl (C=O) groups excluding carboxylic acids is 1. The molecule has 5 heteroatoms. The maximum absolute atomic E-state index is 12.6. The monoisotopic (exact) mass is 391 g/mol. The van der Waals surface area contributed by atoms with Gasteiger partial charge in [-0.15, -0.1) is 0 Å². The summed E-state index contributed by atoms with van der Waals surface area (Å²) in [6.45, 7) is 4.95. The van der Waals surface area contributed by atoms with E-state index in [1.807, 2.05) is 25.1 Å². The van der Waals surface area contributed by atoms with Crippen LogP contribution in [0.2, 0.25) is 0 Å². The molecule has 1 fully saturated rings. The molecule has 1 aliphatic heterocycles. The summed E-state index contributed by atoms with van der Waals surface area (Å²) < 4.78 is 6.07. The number of aromatic nitrogens is 1. The Morgan fingerprint density at radius 1 is 1.17 bits per heavy atom. The first-order valence-electron chi connectivity index (χ1n) is 10.4. The lowest BCUT2D eigenvalue weighted by Gasteiger charge is -2.23. The number of benzene rings is 2. The Labute approximate surface area is 172 Å². The maximum Gasteiger partial charge on any atom is 0.223 e. The fraction of sp³-hybridized carbons (Fsp3) is 0.417. The summed E-state index contributed by atoms with van der Waals surface area (Å²) in [5, 5.41) is 0. The van der Waals surface area contributed by atoms with Gasteiger partial charge in [0.05, 0.1) is 0 Å². The van der Waals surface area contributed by atoms with Gasteiger partial charge in [-0.05, 0) is 54.2 Å². The van der Waals surface area contributed by atoms with Crippen molar-refractivity contribution >= 4 is 22.7 Å². The summed E-state index contributed by atoms with van der Waals surface area (Å²) in [6, 6.07) is 14.6. The molecular formula is C24H29N3O2. The quantitative estimate of drug-likeness (QED) is 0.594. The van der Waals surface area contributed by atoms with Crippen LogP contribution in [0, 0.1) is 5.92 Å². The Bertz CT molecular complexity index is 1000. The number of hydrogen-bond acceptors (Lipinski definition) is 4. The number of carbonyl (C=O) groups is 1. The highest BCUT2D eigenvalue weighted by Crippen LogP contribution is 2.35. The van der Waals surface area contributed by atoms with Gasteiger partial charge in [-0.25, -0.2) is 4.98 Å². The van der Waals surface area contributed by atoms with Crippen LogP contribution in [-0.2, 0) is 4.79 Å². The molecule has 29 heavy (non-hydrogen) atoms. The third-order valence-corrected chi connectivity index (χ3v) is 5.56. The van der Waals surface area contributed by atoms with E-state index in [4.69, 9.17) is 9.40 Å². The van der Waals surface area contributed by atoms with E-state index in [-0.39, 0.29) is 11.9 Å². The molecule has 5 nitrogen and oxygen atoms in total. The van der Waals surface area contributed by atoms with Crippen LogP contribution in [0.25, 0.3) is 22.2 Å². The first-order chi connectivity index (χ1) is 13.9. The smallest absolute Gasteiger partial charge is 0.223 e. The maximum atomic E-state index is 12.6. The molecule has 0 saturated carbocycles. The first-order valence-corrected chi connectivity index (χ1v) is 10.4. The van der Waals surface area contributed by atoms with Gasteiger partial charge in [0, 0.05) is 32.7 Å². The molecule has 0 radical (unpaired) electrons. The van der Waals surface area contributed by atoms with Crippen LogP contribution in [-0.4, -0.2) is 36.4 Å². The summed E-state index contributed by atoms with van der Waals surface area (Å²) in [5.41, 5.74) is 5.05. The minimum Gasteiger partial charge on any atom is -0.438 e. The molecule has 4 rings (SSSR count). The predicted molar refractivity (Wildman–Crippen MR) is 117 cm³/mol. The van der Waals surface area contributed by atoms with Crippen LogP contribution < -0.4 is 4.90 Å². The summed E-state index contributed by atoms with van der Waals surface area (Å²) in [5.74, 6) is 1.22. The Balaban J connectivity index is 1.60. The number of hydrogen-bond donors (Lipinski definition) is 0. The lowest BCUT2D eigenvalue weighted by Crippen LogP contribution is -2.31. The second kappa shape index (κ2) is 7.90. The topological polar surface area (TPSA) is 49.6 Å². The lowest BCUT2D eigenvalue weighted by molar-refractivity contribution is -0.133. The van der Waals surface area contributed by atoms with E-state index in [0.717, 1.165) is 41.6 Å². The number of rotatable bonds is 5. The molecule has 1 aliphatic rings. The molecule has 1 amide bonds. The van der Waals surface area contributed by atoms with Crippen molar-refractivity contribution in [2.24, 2.45) is 5.92 Å². The molecule has 1 unspecified atom stereocenters. The molecule has 0 bridgehead atoms. The first kappa shape index (κ1) is 19.5. The van der Waals surface area contributed by atoms with Gasteiger partial charge in [-0.2, -0.15) is 0 Å². The van der Waals surface area contributed by atoms with Crippen LogP contribution in [0.3, 0.4) is 0 Å². The van der Waals surface area contributed by atoms with E-state index >= 15 is 0 Å². The molecule has 2 aromatic carbocycles. The molecule has 3 aromatic rings. The van der Waals surface area contributed by atoms with Gasteiger partial charge < -0.3 is 14.2 Å². The number of oxazole rings is 1. The second-order valence-corrected chi connectivity index (χ2v) is 8.52. The number of amides is 1. The minimum absolute atomic E-state index is 0.0449. The molecule has 0 spiro atoms. The normalized spacial score (nSPS) is 16.7. The average Bonchev–Trinajstić information content (AvgIpc) is 3.33. The Hall–Kier alpha value is -2.82. The number of likely N-dealkylation sites (tertiary alicyclic amines) is 1. The average molecular weight is 392 g/mol. The third-order valence-electron chi connectivity index (χ3n) is 5.56. The predicted octanol–water partition coefficient (Wildman–Crippen LogP) is 5.27. The van der Waals surface area contributed by atoms with Crippen molar-refractivity contribution in [3.8, 4) is 11.1 Å². The van der Waals surface area contributed by atoms with Crippen molar-refractivity contribution < 1.29 is 9.21 Å². The highest BCUT2D eigenvalue weighted by Gasteiger charge is 2.33. The van der Waals surface area contributed by atoms with Crippen LogP contribution >= 0.6 is 0 Å². The highest BCUT2D eigenvalue weighted by molar-refractivity contribution is 5.81. The molecule has 152 valence electrons. The van der Waals surface area contributed by atoms with Crippen molar-refractivity contribution in [1.29, 1.82) is 0 Å². The van der Waals surface area contributed by atoms with E-state index in [0.29, 0.717) is 18.2 Å². The molecule has 1 atom stereocenters. The standard InChI is InChI=1S/C24H29N3O2/c1-16(2)14-23(28)27-13-5-6-21(27)24-25-20-15-18(9-12-22(20)29-24)17-7-10-19(11-8-17)26(3)4/h7-12,15-16,21H,5-6,13-14H2,1-4H3. The number of fused-ring (bicyclic) bond motifs is 1. The number of nitrogens with zero attached hydrogens (tertiary/aromatic N) is 3.